The zero-order valence-corrected chi connectivity index (χ0v) is 23.6. The summed E-state index contributed by atoms with van der Waals surface area (Å²) in [7, 11) is 0. The van der Waals surface area contributed by atoms with Crippen LogP contribution in [-0.4, -0.2) is 31.0 Å². The number of hydrogen-bond donors (Lipinski definition) is 2. The molecule has 0 aliphatic carbocycles. The van der Waals surface area contributed by atoms with Crippen LogP contribution < -0.4 is 27.0 Å². The summed E-state index contributed by atoms with van der Waals surface area (Å²) in [4.78, 5) is 21.5. The summed E-state index contributed by atoms with van der Waals surface area (Å²) in [6, 6.07) is 31.4. The van der Waals surface area contributed by atoms with E-state index in [1.807, 2.05) is 32.0 Å². The van der Waals surface area contributed by atoms with Crippen molar-refractivity contribution < 1.29 is 32.9 Å². The van der Waals surface area contributed by atoms with Crippen molar-refractivity contribution in [3.05, 3.63) is 115 Å². The second-order valence-corrected chi connectivity index (χ2v) is 9.23. The van der Waals surface area contributed by atoms with Crippen LogP contribution in [-0.2, 0) is 32.9 Å². The van der Waals surface area contributed by atoms with E-state index in [1.165, 1.54) is 30.2 Å². The van der Waals surface area contributed by atoms with Gasteiger partial charge in [-0.15, -0.1) is 0 Å². The monoisotopic (exact) mass is 530 g/mol. The molecular weight excluding hydrogens is 495 g/mol. The van der Waals surface area contributed by atoms with Crippen LogP contribution in [0.15, 0.2) is 115 Å². The van der Waals surface area contributed by atoms with Crippen LogP contribution in [0.5, 0.6) is 0 Å². The number of rotatable bonds is 11. The first kappa shape index (κ1) is 29.9. The van der Waals surface area contributed by atoms with Gasteiger partial charge in [-0.1, -0.05) is 0 Å². The van der Waals surface area contributed by atoms with Crippen molar-refractivity contribution in [2.24, 2.45) is 0 Å². The average Bonchev–Trinajstić information content (AvgIpc) is 2.89. The molecular formula is C30H35BN2O3Ti. The molecule has 2 N–H and O–H groups in total. The summed E-state index contributed by atoms with van der Waals surface area (Å²) >= 11 is 1.80. The fourth-order valence-corrected chi connectivity index (χ4v) is 4.82. The Morgan fingerprint density at radius 1 is 0.649 bits per heavy atom. The zero-order chi connectivity index (χ0) is 27.1. The number of carbonyl (C=O) groups excluding carboxylic acids is 2. The van der Waals surface area contributed by atoms with E-state index in [1.54, 1.807) is 32.6 Å². The molecule has 37 heavy (non-hydrogen) atoms. The van der Waals surface area contributed by atoms with Gasteiger partial charge in [0.15, 0.2) is 11.6 Å². The molecule has 5 nitrogen and oxygen atoms in total. The molecule has 3 aromatic carbocycles. The molecule has 0 heterocycles. The fourth-order valence-electron chi connectivity index (χ4n) is 4.18. The van der Waals surface area contributed by atoms with Crippen molar-refractivity contribution in [1.29, 1.82) is 0 Å². The van der Waals surface area contributed by atoms with Crippen LogP contribution in [0.1, 0.15) is 27.7 Å². The van der Waals surface area contributed by atoms with Crippen LogP contribution in [0.2, 0.25) is 0 Å². The Hall–Kier alpha value is -3.34. The van der Waals surface area contributed by atoms with Gasteiger partial charge in [0.25, 0.3) is 0 Å². The minimum atomic E-state index is -1.40. The molecule has 0 amide bonds. The summed E-state index contributed by atoms with van der Waals surface area (Å²) in [6.45, 7) is 8.14. The Morgan fingerprint density at radius 2 is 0.946 bits per heavy atom. The second-order valence-electron chi connectivity index (χ2n) is 8.87. The summed E-state index contributed by atoms with van der Waals surface area (Å²) in [5, 5.41) is 6.18. The number of ketones is 2. The molecule has 0 aromatic heterocycles. The first-order chi connectivity index (χ1) is 17.8. The summed E-state index contributed by atoms with van der Waals surface area (Å²) in [5.74, 6) is 0.0660. The second kappa shape index (κ2) is 15.7. The molecule has 0 saturated heterocycles. The van der Waals surface area contributed by atoms with E-state index in [0.29, 0.717) is 13.1 Å². The van der Waals surface area contributed by atoms with E-state index >= 15 is 0 Å². The van der Waals surface area contributed by atoms with Crippen molar-refractivity contribution in [2.75, 3.05) is 13.1 Å². The molecule has 0 aliphatic rings. The maximum atomic E-state index is 10.7. The topological polar surface area (TPSA) is 69.5 Å². The molecule has 0 saturated carbocycles. The molecule has 3 rings (SSSR count). The predicted octanol–water partition coefficient (Wildman–Crippen LogP) is 3.23. The van der Waals surface area contributed by atoms with Gasteiger partial charge in [0, 0.05) is 24.5 Å². The molecule has 0 fully saturated rings. The molecule has 0 unspecified atom stereocenters. The van der Waals surface area contributed by atoms with Gasteiger partial charge in [-0.05, 0) is 39.8 Å². The number of benzene rings is 3. The van der Waals surface area contributed by atoms with Crippen molar-refractivity contribution in [1.82, 2.24) is 10.6 Å². The van der Waals surface area contributed by atoms with Crippen molar-refractivity contribution >= 4 is 34.3 Å². The zero-order valence-electron chi connectivity index (χ0n) is 22.0. The van der Waals surface area contributed by atoms with Crippen LogP contribution in [0.4, 0.5) is 0 Å². The Labute approximate surface area is 232 Å². The number of allylic oxidation sites excluding steroid dienone is 4. The van der Waals surface area contributed by atoms with E-state index in [2.05, 4.69) is 83.4 Å². The van der Waals surface area contributed by atoms with Gasteiger partial charge >= 0.3 is 137 Å². The Kier molecular flexibility index (Phi) is 12.7. The van der Waals surface area contributed by atoms with Crippen LogP contribution >= 0.6 is 0 Å². The van der Waals surface area contributed by atoms with E-state index in [-0.39, 0.29) is 11.6 Å². The van der Waals surface area contributed by atoms with E-state index < -0.39 is 6.35 Å². The van der Waals surface area contributed by atoms with Gasteiger partial charge < -0.3 is 10.6 Å². The summed E-state index contributed by atoms with van der Waals surface area (Å²) in [5.41, 5.74) is 5.28. The molecule has 0 atom stereocenters. The van der Waals surface area contributed by atoms with E-state index in [0.717, 1.165) is 11.4 Å². The van der Waals surface area contributed by atoms with Crippen molar-refractivity contribution in [3.63, 3.8) is 0 Å². The van der Waals surface area contributed by atoms with Crippen LogP contribution in [0.3, 0.4) is 0 Å². The van der Waals surface area contributed by atoms with Crippen molar-refractivity contribution in [2.45, 2.75) is 27.7 Å². The van der Waals surface area contributed by atoms with Gasteiger partial charge in [0.05, 0.1) is 0 Å². The SMILES string of the molecule is CC(=O)/C=C(/C)NCCN/C(C)=C\C(C)=O.[Ti]=[O+][B-](c1ccccc1)(c1ccccc1)c1ccccc1. The van der Waals surface area contributed by atoms with Gasteiger partial charge in [0.2, 0.25) is 0 Å². The standard InChI is InChI=1S/C18H15BO.C12H20N2O2.Ti/c20-19(16-10-4-1-5-11-16,17-12-6-2-7-13-17)18-14-8-3-9-15-18;1-9(7-11(3)15)13-5-6-14-10(2)8-12(4)16;/h1-15H;7-8,13-14H,5-6H2,1-4H3;/q-2;;+2/b;9-7-,10-8-;. The third-order valence-electron chi connectivity index (χ3n) is 5.76. The van der Waals surface area contributed by atoms with Crippen LogP contribution in [0.25, 0.3) is 0 Å². The number of hydrogen-bond acceptors (Lipinski definition) is 4. The van der Waals surface area contributed by atoms with Gasteiger partial charge in [-0.25, -0.2) is 0 Å². The first-order valence-corrected chi connectivity index (χ1v) is 12.9. The van der Waals surface area contributed by atoms with E-state index in [9.17, 15) is 9.59 Å². The first-order valence-electron chi connectivity index (χ1n) is 12.3. The minimum absolute atomic E-state index is 0.0330. The third kappa shape index (κ3) is 9.56. The Bertz CT molecular complexity index is 1080. The van der Waals surface area contributed by atoms with Crippen LogP contribution in [0, 0.1) is 0 Å². The van der Waals surface area contributed by atoms with Crippen molar-refractivity contribution in [3.8, 4) is 0 Å². The normalized spacial score (nSPS) is 11.5. The number of nitrogens with one attached hydrogen (secondary N) is 2. The quantitative estimate of drug-likeness (QED) is 0.173. The number of carbonyl (C=O) groups is 2. The van der Waals surface area contributed by atoms with Gasteiger partial charge in [-0.3, -0.25) is 9.59 Å². The molecule has 0 bridgehead atoms. The fraction of sp³-hybridized carbons (Fsp3) is 0.200. The summed E-state index contributed by atoms with van der Waals surface area (Å²) < 4.78 is 6.16. The molecule has 0 spiro atoms. The van der Waals surface area contributed by atoms with Gasteiger partial charge in [-0.2, -0.15) is 0 Å². The van der Waals surface area contributed by atoms with E-state index in [4.69, 9.17) is 2.87 Å². The molecule has 0 aliphatic heterocycles. The third-order valence-corrected chi connectivity index (χ3v) is 6.31. The summed E-state index contributed by atoms with van der Waals surface area (Å²) in [6.07, 6.45) is 1.71. The Morgan fingerprint density at radius 3 is 1.19 bits per heavy atom. The molecule has 190 valence electrons. The predicted molar refractivity (Wildman–Crippen MR) is 150 cm³/mol. The average molecular weight is 530 g/mol. The Balaban J connectivity index is 0.000000273. The molecule has 7 heteroatoms. The molecule has 0 radical (unpaired) electrons. The molecule has 3 aromatic rings. The maximum absolute atomic E-state index is 10.7. The van der Waals surface area contributed by atoms with Gasteiger partial charge in [0.1, 0.15) is 0 Å².